The molecule has 113 valence electrons. The van der Waals surface area contributed by atoms with E-state index < -0.39 is 11.2 Å². The lowest BCUT2D eigenvalue weighted by atomic mass is 9.98. The van der Waals surface area contributed by atoms with Crippen LogP contribution in [0.2, 0.25) is 0 Å². The van der Waals surface area contributed by atoms with Crippen molar-refractivity contribution in [2.45, 2.75) is 51.2 Å². The van der Waals surface area contributed by atoms with Crippen molar-refractivity contribution in [1.82, 2.24) is 9.96 Å². The number of nitrogens with zero attached hydrogens (tertiary/aromatic N) is 3. The summed E-state index contributed by atoms with van der Waals surface area (Å²) in [5.74, 6) is 0.948. The Hall–Kier alpha value is -1.39. The Labute approximate surface area is 127 Å². The standard InChI is InChI=1S/C17H24N3O/c1-16(2)15(19-12-8-5-9-13-19)18-17(3,20(16)21)14-10-6-4-7-11-14/h4,6-7,10-11H,5,8-9,12-13H2,1-3H3. The minimum Gasteiger partial charge on any atom is -0.359 e. The summed E-state index contributed by atoms with van der Waals surface area (Å²) in [7, 11) is 0. The Morgan fingerprint density at radius 1 is 1.00 bits per heavy atom. The summed E-state index contributed by atoms with van der Waals surface area (Å²) >= 11 is 0. The molecule has 1 aromatic rings. The first kappa shape index (κ1) is 14.5. The summed E-state index contributed by atoms with van der Waals surface area (Å²) < 4.78 is 0. The highest BCUT2D eigenvalue weighted by Gasteiger charge is 2.53. The van der Waals surface area contributed by atoms with Crippen LogP contribution in [-0.2, 0) is 10.9 Å². The summed E-state index contributed by atoms with van der Waals surface area (Å²) in [4.78, 5) is 7.21. The van der Waals surface area contributed by atoms with Gasteiger partial charge in [-0.15, -0.1) is 10.3 Å². The summed E-state index contributed by atoms with van der Waals surface area (Å²) in [6.45, 7) is 7.93. The Morgan fingerprint density at radius 2 is 1.62 bits per heavy atom. The van der Waals surface area contributed by atoms with Crippen LogP contribution in [0.15, 0.2) is 35.3 Å². The van der Waals surface area contributed by atoms with Gasteiger partial charge in [0.1, 0.15) is 11.4 Å². The van der Waals surface area contributed by atoms with Crippen molar-refractivity contribution in [2.75, 3.05) is 13.1 Å². The van der Waals surface area contributed by atoms with E-state index >= 15 is 0 Å². The van der Waals surface area contributed by atoms with Gasteiger partial charge in [0.15, 0.2) is 5.66 Å². The third kappa shape index (κ3) is 2.27. The molecule has 2 heterocycles. The van der Waals surface area contributed by atoms with Gasteiger partial charge in [0.2, 0.25) is 0 Å². The molecule has 0 amide bonds. The van der Waals surface area contributed by atoms with Gasteiger partial charge in [-0.1, -0.05) is 30.3 Å². The molecule has 1 atom stereocenters. The van der Waals surface area contributed by atoms with Crippen molar-refractivity contribution >= 4 is 5.84 Å². The first-order valence-corrected chi connectivity index (χ1v) is 7.84. The van der Waals surface area contributed by atoms with Crippen LogP contribution in [0, 0.1) is 0 Å². The monoisotopic (exact) mass is 286 g/mol. The van der Waals surface area contributed by atoms with Crippen LogP contribution in [0.5, 0.6) is 0 Å². The first-order chi connectivity index (χ1) is 9.96. The third-order valence-corrected chi connectivity index (χ3v) is 4.75. The average Bonchev–Trinajstić information content (AvgIpc) is 2.71. The van der Waals surface area contributed by atoms with Crippen molar-refractivity contribution in [2.24, 2.45) is 4.99 Å². The van der Waals surface area contributed by atoms with Gasteiger partial charge >= 0.3 is 0 Å². The minimum absolute atomic E-state index is 0.581. The number of rotatable bonds is 1. The van der Waals surface area contributed by atoms with Crippen LogP contribution < -0.4 is 0 Å². The molecule has 2 aliphatic heterocycles. The normalized spacial score (nSPS) is 29.5. The lowest BCUT2D eigenvalue weighted by molar-refractivity contribution is -0.250. The van der Waals surface area contributed by atoms with E-state index in [0.29, 0.717) is 0 Å². The number of aliphatic imine (C=N–C) groups is 1. The first-order valence-electron chi connectivity index (χ1n) is 7.84. The molecule has 3 rings (SSSR count). The molecular weight excluding hydrogens is 262 g/mol. The van der Waals surface area contributed by atoms with Gasteiger partial charge in [-0.2, -0.15) is 0 Å². The zero-order chi connectivity index (χ0) is 15.1. The van der Waals surface area contributed by atoms with Crippen LogP contribution >= 0.6 is 0 Å². The molecule has 0 spiro atoms. The Kier molecular flexibility index (Phi) is 3.54. The maximum absolute atomic E-state index is 13.0. The second kappa shape index (κ2) is 5.11. The largest absolute Gasteiger partial charge is 0.359 e. The van der Waals surface area contributed by atoms with E-state index in [2.05, 4.69) is 4.90 Å². The summed E-state index contributed by atoms with van der Waals surface area (Å²) in [6.07, 6.45) is 3.66. The highest BCUT2D eigenvalue weighted by molar-refractivity contribution is 5.93. The Balaban J connectivity index is 2.01. The molecule has 1 unspecified atom stereocenters. The predicted octanol–water partition coefficient (Wildman–Crippen LogP) is 3.18. The molecule has 0 aromatic heterocycles. The van der Waals surface area contributed by atoms with Crippen molar-refractivity contribution in [3.63, 3.8) is 0 Å². The van der Waals surface area contributed by atoms with Gasteiger partial charge in [0.25, 0.3) is 0 Å². The summed E-state index contributed by atoms with van der Waals surface area (Å²) in [5.41, 5.74) is -0.445. The van der Waals surface area contributed by atoms with E-state index in [1.54, 1.807) is 0 Å². The zero-order valence-corrected chi connectivity index (χ0v) is 13.2. The SMILES string of the molecule is CC1(C)C(N2CCCCC2)=NC(C)(c2ccccc2)N1[O]. The number of hydrogen-bond acceptors (Lipinski definition) is 3. The number of likely N-dealkylation sites (tertiary alicyclic amines) is 1. The maximum atomic E-state index is 13.0. The van der Waals surface area contributed by atoms with Crippen LogP contribution in [-0.4, -0.2) is 34.4 Å². The Morgan fingerprint density at radius 3 is 2.24 bits per heavy atom. The van der Waals surface area contributed by atoms with Gasteiger partial charge in [0, 0.05) is 13.1 Å². The van der Waals surface area contributed by atoms with Gasteiger partial charge in [-0.3, -0.25) is 0 Å². The van der Waals surface area contributed by atoms with Crippen molar-refractivity contribution < 1.29 is 5.21 Å². The number of piperidine rings is 1. The summed E-state index contributed by atoms with van der Waals surface area (Å²) in [6, 6.07) is 9.89. The number of amidine groups is 1. The van der Waals surface area contributed by atoms with Gasteiger partial charge in [-0.25, -0.2) is 4.99 Å². The molecule has 4 heteroatoms. The second-order valence-electron chi connectivity index (χ2n) is 6.72. The van der Waals surface area contributed by atoms with Gasteiger partial charge in [-0.05, 0) is 45.6 Å². The van der Waals surface area contributed by atoms with Crippen molar-refractivity contribution in [1.29, 1.82) is 0 Å². The highest BCUT2D eigenvalue weighted by atomic mass is 16.5. The molecule has 0 saturated carbocycles. The van der Waals surface area contributed by atoms with Crippen LogP contribution in [0.4, 0.5) is 0 Å². The molecule has 1 radical (unpaired) electrons. The number of hydrogen-bond donors (Lipinski definition) is 0. The fourth-order valence-electron chi connectivity index (χ4n) is 3.52. The molecule has 1 aromatic carbocycles. The molecular formula is C17H24N3O. The van der Waals surface area contributed by atoms with E-state index in [1.165, 1.54) is 24.3 Å². The molecule has 1 fully saturated rings. The molecule has 4 nitrogen and oxygen atoms in total. The van der Waals surface area contributed by atoms with E-state index in [-0.39, 0.29) is 0 Å². The smallest absolute Gasteiger partial charge is 0.164 e. The van der Waals surface area contributed by atoms with Gasteiger partial charge in [0.05, 0.1) is 0 Å². The van der Waals surface area contributed by atoms with Crippen LogP contribution in [0.25, 0.3) is 0 Å². The number of benzene rings is 1. The van der Waals surface area contributed by atoms with Crippen molar-refractivity contribution in [3.8, 4) is 0 Å². The van der Waals surface area contributed by atoms with E-state index in [4.69, 9.17) is 4.99 Å². The maximum Gasteiger partial charge on any atom is 0.164 e. The molecule has 2 aliphatic rings. The molecule has 0 N–H and O–H groups in total. The second-order valence-corrected chi connectivity index (χ2v) is 6.72. The topological polar surface area (TPSA) is 38.7 Å². The lowest BCUT2D eigenvalue weighted by Crippen LogP contribution is -2.53. The highest BCUT2D eigenvalue weighted by Crippen LogP contribution is 2.42. The minimum atomic E-state index is -0.822. The van der Waals surface area contributed by atoms with E-state index in [9.17, 15) is 5.21 Å². The van der Waals surface area contributed by atoms with E-state index in [0.717, 1.165) is 24.5 Å². The fourth-order valence-corrected chi connectivity index (χ4v) is 3.52. The average molecular weight is 286 g/mol. The molecule has 0 aliphatic carbocycles. The lowest BCUT2D eigenvalue weighted by Gasteiger charge is -2.37. The quantitative estimate of drug-likeness (QED) is 0.795. The van der Waals surface area contributed by atoms with Crippen LogP contribution in [0.1, 0.15) is 45.6 Å². The molecule has 0 bridgehead atoms. The summed E-state index contributed by atoms with van der Waals surface area (Å²) in [5, 5.41) is 14.1. The number of hydroxylamine groups is 2. The fraction of sp³-hybridized carbons (Fsp3) is 0.588. The molecule has 21 heavy (non-hydrogen) atoms. The van der Waals surface area contributed by atoms with Gasteiger partial charge < -0.3 is 4.90 Å². The van der Waals surface area contributed by atoms with Crippen LogP contribution in [0.3, 0.4) is 0 Å². The third-order valence-electron chi connectivity index (χ3n) is 4.75. The predicted molar refractivity (Wildman–Crippen MR) is 83.3 cm³/mol. The van der Waals surface area contributed by atoms with E-state index in [1.807, 2.05) is 51.1 Å². The zero-order valence-electron chi connectivity index (χ0n) is 13.2. The molecule has 1 saturated heterocycles. The Bertz CT molecular complexity index is 534. The van der Waals surface area contributed by atoms with Crippen molar-refractivity contribution in [3.05, 3.63) is 35.9 Å².